The van der Waals surface area contributed by atoms with Crippen molar-refractivity contribution in [3.05, 3.63) is 78.3 Å². The highest BCUT2D eigenvalue weighted by Crippen LogP contribution is 2.19. The molecule has 1 heterocycles. The van der Waals surface area contributed by atoms with Gasteiger partial charge in [-0.15, -0.1) is 0 Å². The molecule has 3 rings (SSSR count). The fourth-order valence-electron chi connectivity index (χ4n) is 2.51. The number of hydrogen-bond donors (Lipinski definition) is 2. The van der Waals surface area contributed by atoms with Crippen molar-refractivity contribution in [1.82, 2.24) is 0 Å². The maximum absolute atomic E-state index is 12.4. The minimum Gasteiger partial charge on any atom is -0.455 e. The molecule has 0 bridgehead atoms. The van der Waals surface area contributed by atoms with Crippen LogP contribution in [0.5, 0.6) is 0 Å². The van der Waals surface area contributed by atoms with Gasteiger partial charge in [-0.1, -0.05) is 18.2 Å². The highest BCUT2D eigenvalue weighted by atomic mass is 32.2. The van der Waals surface area contributed by atoms with E-state index in [0.717, 1.165) is 0 Å². The van der Waals surface area contributed by atoms with Crippen LogP contribution in [0.2, 0.25) is 0 Å². The number of nitrogens with one attached hydrogen (secondary N) is 2. The van der Waals surface area contributed by atoms with Gasteiger partial charge in [0.2, 0.25) is 5.91 Å². The van der Waals surface area contributed by atoms with Crippen molar-refractivity contribution in [3.63, 3.8) is 0 Å². The molecule has 0 spiro atoms. The van der Waals surface area contributed by atoms with Crippen LogP contribution in [0.15, 0.2) is 76.0 Å². The first-order chi connectivity index (χ1) is 13.3. The topological polar surface area (TPSA) is 105 Å². The molecule has 0 saturated heterocycles. The van der Waals surface area contributed by atoms with Gasteiger partial charge in [-0.2, -0.15) is 0 Å². The monoisotopic (exact) mass is 398 g/mol. The lowest BCUT2D eigenvalue weighted by molar-refractivity contribution is -0.114. The summed E-state index contributed by atoms with van der Waals surface area (Å²) < 4.78 is 30.2. The first-order valence-corrected chi connectivity index (χ1v) is 10.0. The molecule has 28 heavy (non-hydrogen) atoms. The van der Waals surface area contributed by atoms with E-state index in [4.69, 9.17) is 4.42 Å². The van der Waals surface area contributed by atoms with Crippen molar-refractivity contribution in [2.75, 3.05) is 10.6 Å². The Balaban J connectivity index is 1.66. The normalized spacial score (nSPS) is 11.0. The van der Waals surface area contributed by atoms with Crippen LogP contribution in [-0.2, 0) is 20.4 Å². The van der Waals surface area contributed by atoms with Crippen LogP contribution >= 0.6 is 0 Å². The SMILES string of the molecule is CC(=O)Nc1ccc(NC(=O)c2ccc(CS(=O)(=O)c3ccccc3)o2)cc1. The predicted octanol–water partition coefficient (Wildman–Crippen LogP) is 3.46. The lowest BCUT2D eigenvalue weighted by Crippen LogP contribution is -2.11. The molecule has 2 aromatic carbocycles. The van der Waals surface area contributed by atoms with E-state index in [-0.39, 0.29) is 28.1 Å². The Hall–Kier alpha value is -3.39. The summed E-state index contributed by atoms with van der Waals surface area (Å²) >= 11 is 0. The van der Waals surface area contributed by atoms with E-state index in [1.54, 1.807) is 42.5 Å². The van der Waals surface area contributed by atoms with E-state index in [0.29, 0.717) is 11.4 Å². The predicted molar refractivity (Wildman–Crippen MR) is 105 cm³/mol. The molecule has 144 valence electrons. The van der Waals surface area contributed by atoms with E-state index in [1.807, 2.05) is 0 Å². The van der Waals surface area contributed by atoms with Crippen molar-refractivity contribution in [3.8, 4) is 0 Å². The summed E-state index contributed by atoms with van der Waals surface area (Å²) in [5.41, 5.74) is 1.12. The van der Waals surface area contributed by atoms with Crippen molar-refractivity contribution in [2.45, 2.75) is 17.6 Å². The molecular weight excluding hydrogens is 380 g/mol. The standard InChI is InChI=1S/C20H18N2O5S/c1-14(23)21-15-7-9-16(10-8-15)22-20(24)19-12-11-17(27-19)13-28(25,26)18-5-3-2-4-6-18/h2-12H,13H2,1H3,(H,21,23)(H,22,24). The summed E-state index contributed by atoms with van der Waals surface area (Å²) in [7, 11) is -3.56. The Morgan fingerprint density at radius 2 is 1.46 bits per heavy atom. The van der Waals surface area contributed by atoms with Crippen LogP contribution in [-0.4, -0.2) is 20.2 Å². The zero-order valence-electron chi connectivity index (χ0n) is 15.0. The number of anilines is 2. The van der Waals surface area contributed by atoms with E-state index in [2.05, 4.69) is 10.6 Å². The summed E-state index contributed by atoms with van der Waals surface area (Å²) in [4.78, 5) is 23.5. The van der Waals surface area contributed by atoms with Crippen molar-refractivity contribution in [2.24, 2.45) is 0 Å². The molecule has 0 saturated carbocycles. The Labute approximate surface area is 162 Å². The second kappa shape index (κ2) is 8.10. The van der Waals surface area contributed by atoms with E-state index in [1.165, 1.54) is 31.2 Å². The molecule has 0 unspecified atom stereocenters. The van der Waals surface area contributed by atoms with Gasteiger partial charge in [0.1, 0.15) is 11.5 Å². The number of benzene rings is 2. The Morgan fingerprint density at radius 3 is 2.07 bits per heavy atom. The molecule has 1 aromatic heterocycles. The third-order valence-electron chi connectivity index (χ3n) is 3.78. The Morgan fingerprint density at radius 1 is 0.857 bits per heavy atom. The summed E-state index contributed by atoms with van der Waals surface area (Å²) in [6.45, 7) is 1.40. The first kappa shape index (κ1) is 19.4. The number of carbonyl (C=O) groups excluding carboxylic acids is 2. The quantitative estimate of drug-likeness (QED) is 0.661. The van der Waals surface area contributed by atoms with Gasteiger partial charge in [-0.25, -0.2) is 8.42 Å². The van der Waals surface area contributed by atoms with Crippen molar-refractivity contribution < 1.29 is 22.4 Å². The van der Waals surface area contributed by atoms with Gasteiger partial charge in [0.25, 0.3) is 5.91 Å². The van der Waals surface area contributed by atoms with Crippen LogP contribution in [0.4, 0.5) is 11.4 Å². The zero-order valence-corrected chi connectivity index (χ0v) is 15.8. The van der Waals surface area contributed by atoms with Gasteiger partial charge in [0.05, 0.1) is 4.90 Å². The van der Waals surface area contributed by atoms with Crippen LogP contribution in [0.3, 0.4) is 0 Å². The van der Waals surface area contributed by atoms with Gasteiger partial charge >= 0.3 is 0 Å². The van der Waals surface area contributed by atoms with Crippen LogP contribution in [0.1, 0.15) is 23.2 Å². The molecule has 2 N–H and O–H groups in total. The van der Waals surface area contributed by atoms with Crippen LogP contribution in [0.25, 0.3) is 0 Å². The molecule has 3 aromatic rings. The Kier molecular flexibility index (Phi) is 5.60. The minimum absolute atomic E-state index is 0.00389. The number of rotatable bonds is 6. The third kappa shape index (κ3) is 4.86. The van der Waals surface area contributed by atoms with Gasteiger partial charge in [-0.3, -0.25) is 9.59 Å². The summed E-state index contributed by atoms with van der Waals surface area (Å²) in [5, 5.41) is 5.28. The summed E-state index contributed by atoms with van der Waals surface area (Å²) in [6.07, 6.45) is 0. The Bertz CT molecular complexity index is 1090. The first-order valence-electron chi connectivity index (χ1n) is 8.39. The summed E-state index contributed by atoms with van der Waals surface area (Å²) in [5.74, 6) is -0.851. The number of hydrogen-bond acceptors (Lipinski definition) is 5. The maximum Gasteiger partial charge on any atom is 0.291 e. The lowest BCUT2D eigenvalue weighted by atomic mass is 10.2. The molecule has 2 amide bonds. The van der Waals surface area contributed by atoms with E-state index < -0.39 is 15.7 Å². The molecule has 7 nitrogen and oxygen atoms in total. The number of amides is 2. The molecule has 0 atom stereocenters. The number of furan rings is 1. The van der Waals surface area contributed by atoms with E-state index >= 15 is 0 Å². The summed E-state index contributed by atoms with van der Waals surface area (Å²) in [6, 6.07) is 17.5. The van der Waals surface area contributed by atoms with Gasteiger partial charge < -0.3 is 15.1 Å². The second-order valence-electron chi connectivity index (χ2n) is 6.05. The lowest BCUT2D eigenvalue weighted by Gasteiger charge is -2.06. The van der Waals surface area contributed by atoms with Gasteiger partial charge in [-0.05, 0) is 48.5 Å². The second-order valence-corrected chi connectivity index (χ2v) is 8.04. The highest BCUT2D eigenvalue weighted by molar-refractivity contribution is 7.90. The van der Waals surface area contributed by atoms with Crippen LogP contribution in [0, 0.1) is 0 Å². The number of carbonyl (C=O) groups is 2. The van der Waals surface area contributed by atoms with Crippen molar-refractivity contribution in [1.29, 1.82) is 0 Å². The average Bonchev–Trinajstić information content (AvgIpc) is 3.11. The van der Waals surface area contributed by atoms with E-state index in [9.17, 15) is 18.0 Å². The fourth-order valence-corrected chi connectivity index (χ4v) is 3.78. The molecule has 0 aliphatic rings. The smallest absolute Gasteiger partial charge is 0.291 e. The fraction of sp³-hybridized carbons (Fsp3) is 0.100. The molecule has 8 heteroatoms. The molecular formula is C20H18N2O5S. The van der Waals surface area contributed by atoms with Crippen LogP contribution < -0.4 is 10.6 Å². The highest BCUT2D eigenvalue weighted by Gasteiger charge is 2.19. The zero-order chi connectivity index (χ0) is 20.1. The van der Waals surface area contributed by atoms with Gasteiger partial charge in [0, 0.05) is 18.3 Å². The minimum atomic E-state index is -3.56. The third-order valence-corrected chi connectivity index (χ3v) is 5.44. The molecule has 0 radical (unpaired) electrons. The molecule has 0 fully saturated rings. The van der Waals surface area contributed by atoms with Gasteiger partial charge in [0.15, 0.2) is 15.6 Å². The molecule has 0 aliphatic heterocycles. The average molecular weight is 398 g/mol. The number of sulfone groups is 1. The largest absolute Gasteiger partial charge is 0.455 e. The maximum atomic E-state index is 12.4. The molecule has 0 aliphatic carbocycles. The van der Waals surface area contributed by atoms with Crippen molar-refractivity contribution >= 4 is 33.0 Å².